The minimum atomic E-state index is 0.000231. The summed E-state index contributed by atoms with van der Waals surface area (Å²) in [5.74, 6) is 0.905. The summed E-state index contributed by atoms with van der Waals surface area (Å²) < 4.78 is 5.57. The number of nitrogens with two attached hydrogens (primary N) is 1. The molecular weight excluding hydrogens is 186 g/mol. The lowest BCUT2D eigenvalue weighted by Gasteiger charge is -2.28. The Morgan fingerprint density at radius 1 is 1.27 bits per heavy atom. The highest BCUT2D eigenvalue weighted by molar-refractivity contribution is 5.36. The second kappa shape index (κ2) is 4.67. The number of hydrogen-bond donors (Lipinski definition) is 1. The number of para-hydroxylation sites is 1. The molecule has 1 rings (SSSR count). The van der Waals surface area contributed by atoms with E-state index in [0.717, 1.165) is 11.3 Å². The molecular formula is C13H21NO. The Kier molecular flexibility index (Phi) is 3.75. The Bertz CT molecular complexity index is 315. The molecule has 0 saturated carbocycles. The van der Waals surface area contributed by atoms with Gasteiger partial charge in [-0.25, -0.2) is 0 Å². The molecule has 0 unspecified atom stereocenters. The molecule has 0 aliphatic heterocycles. The van der Waals surface area contributed by atoms with Crippen LogP contribution >= 0.6 is 0 Å². The summed E-state index contributed by atoms with van der Waals surface area (Å²) in [6.45, 7) is 9.08. The van der Waals surface area contributed by atoms with E-state index in [2.05, 4.69) is 20.8 Å². The minimum absolute atomic E-state index is 0.000231. The van der Waals surface area contributed by atoms with Gasteiger partial charge < -0.3 is 10.5 Å². The van der Waals surface area contributed by atoms with Crippen molar-refractivity contribution in [3.8, 4) is 5.75 Å². The van der Waals surface area contributed by atoms with Crippen LogP contribution in [0.25, 0.3) is 0 Å². The number of rotatable bonds is 3. The fourth-order valence-corrected chi connectivity index (χ4v) is 1.49. The topological polar surface area (TPSA) is 35.2 Å². The summed E-state index contributed by atoms with van der Waals surface area (Å²) in [6.07, 6.45) is 0. The van der Waals surface area contributed by atoms with Crippen molar-refractivity contribution in [1.82, 2.24) is 0 Å². The van der Waals surface area contributed by atoms with E-state index in [9.17, 15) is 0 Å². The summed E-state index contributed by atoms with van der Waals surface area (Å²) in [6, 6.07) is 8.00. The van der Waals surface area contributed by atoms with Crippen molar-refractivity contribution in [2.24, 2.45) is 11.1 Å². The summed E-state index contributed by atoms with van der Waals surface area (Å²) >= 11 is 0. The van der Waals surface area contributed by atoms with Crippen LogP contribution in [-0.4, -0.2) is 6.61 Å². The fraction of sp³-hybridized carbons (Fsp3) is 0.538. The van der Waals surface area contributed by atoms with Crippen molar-refractivity contribution in [3.63, 3.8) is 0 Å². The highest BCUT2D eigenvalue weighted by Gasteiger charge is 2.24. The molecule has 84 valence electrons. The highest BCUT2D eigenvalue weighted by atomic mass is 16.5. The van der Waals surface area contributed by atoms with E-state index in [1.165, 1.54) is 0 Å². The van der Waals surface area contributed by atoms with Crippen LogP contribution in [0, 0.1) is 5.41 Å². The fourth-order valence-electron chi connectivity index (χ4n) is 1.49. The molecule has 0 heterocycles. The average Bonchev–Trinajstić information content (AvgIpc) is 2.17. The van der Waals surface area contributed by atoms with E-state index >= 15 is 0 Å². The average molecular weight is 207 g/mol. The molecule has 0 amide bonds. The summed E-state index contributed by atoms with van der Waals surface area (Å²) in [7, 11) is 0. The van der Waals surface area contributed by atoms with Crippen molar-refractivity contribution in [2.75, 3.05) is 6.61 Å². The molecule has 0 radical (unpaired) electrons. The molecule has 1 atom stereocenters. The zero-order valence-electron chi connectivity index (χ0n) is 10.1. The van der Waals surface area contributed by atoms with Gasteiger partial charge >= 0.3 is 0 Å². The van der Waals surface area contributed by atoms with Crippen molar-refractivity contribution >= 4 is 0 Å². The maximum absolute atomic E-state index is 6.22. The van der Waals surface area contributed by atoms with Crippen LogP contribution in [0.15, 0.2) is 24.3 Å². The van der Waals surface area contributed by atoms with Crippen molar-refractivity contribution < 1.29 is 4.74 Å². The summed E-state index contributed by atoms with van der Waals surface area (Å²) in [5.41, 5.74) is 7.36. The zero-order chi connectivity index (χ0) is 11.5. The van der Waals surface area contributed by atoms with E-state index in [0.29, 0.717) is 6.61 Å². The third-order valence-electron chi connectivity index (χ3n) is 2.49. The van der Waals surface area contributed by atoms with Gasteiger partial charge in [-0.15, -0.1) is 0 Å². The third-order valence-corrected chi connectivity index (χ3v) is 2.49. The van der Waals surface area contributed by atoms with Crippen LogP contribution in [0.3, 0.4) is 0 Å². The Labute approximate surface area is 92.4 Å². The molecule has 0 spiro atoms. The minimum Gasteiger partial charge on any atom is -0.494 e. The monoisotopic (exact) mass is 207 g/mol. The lowest BCUT2D eigenvalue weighted by molar-refractivity contribution is 0.298. The van der Waals surface area contributed by atoms with Gasteiger partial charge in [0.05, 0.1) is 6.61 Å². The van der Waals surface area contributed by atoms with Crippen LogP contribution in [0.5, 0.6) is 5.75 Å². The van der Waals surface area contributed by atoms with Gasteiger partial charge in [0, 0.05) is 11.6 Å². The van der Waals surface area contributed by atoms with Crippen LogP contribution in [-0.2, 0) is 0 Å². The molecule has 2 N–H and O–H groups in total. The van der Waals surface area contributed by atoms with E-state index in [4.69, 9.17) is 10.5 Å². The van der Waals surface area contributed by atoms with Gasteiger partial charge in [-0.2, -0.15) is 0 Å². The predicted octanol–water partition coefficient (Wildman–Crippen LogP) is 3.13. The summed E-state index contributed by atoms with van der Waals surface area (Å²) in [4.78, 5) is 0. The van der Waals surface area contributed by atoms with Gasteiger partial charge in [-0.05, 0) is 18.4 Å². The van der Waals surface area contributed by atoms with Gasteiger partial charge in [-0.1, -0.05) is 39.0 Å². The molecule has 1 aromatic rings. The SMILES string of the molecule is CCOc1ccccc1[C@H](N)C(C)(C)C. The van der Waals surface area contributed by atoms with Gasteiger partial charge in [0.15, 0.2) is 0 Å². The highest BCUT2D eigenvalue weighted by Crippen LogP contribution is 2.35. The Balaban J connectivity index is 3.02. The first-order valence-electron chi connectivity index (χ1n) is 5.44. The maximum atomic E-state index is 6.22. The first-order chi connectivity index (χ1) is 6.96. The zero-order valence-corrected chi connectivity index (χ0v) is 10.1. The smallest absolute Gasteiger partial charge is 0.124 e. The first kappa shape index (κ1) is 12.1. The van der Waals surface area contributed by atoms with Crippen molar-refractivity contribution in [3.05, 3.63) is 29.8 Å². The van der Waals surface area contributed by atoms with Crippen LogP contribution in [0.1, 0.15) is 39.3 Å². The van der Waals surface area contributed by atoms with Crippen LogP contribution in [0.4, 0.5) is 0 Å². The predicted molar refractivity (Wildman–Crippen MR) is 64.0 cm³/mol. The second-order valence-electron chi connectivity index (χ2n) is 4.81. The van der Waals surface area contributed by atoms with Gasteiger partial charge in [0.2, 0.25) is 0 Å². The Morgan fingerprint density at radius 3 is 2.40 bits per heavy atom. The van der Waals surface area contributed by atoms with Gasteiger partial charge in [0.25, 0.3) is 0 Å². The van der Waals surface area contributed by atoms with E-state index < -0.39 is 0 Å². The summed E-state index contributed by atoms with van der Waals surface area (Å²) in [5, 5.41) is 0. The van der Waals surface area contributed by atoms with Crippen LogP contribution in [0.2, 0.25) is 0 Å². The van der Waals surface area contributed by atoms with Gasteiger partial charge in [-0.3, -0.25) is 0 Å². The molecule has 15 heavy (non-hydrogen) atoms. The van der Waals surface area contributed by atoms with E-state index in [1.54, 1.807) is 0 Å². The lowest BCUT2D eigenvalue weighted by atomic mass is 9.83. The van der Waals surface area contributed by atoms with E-state index in [-0.39, 0.29) is 11.5 Å². The molecule has 1 aromatic carbocycles. The van der Waals surface area contributed by atoms with Gasteiger partial charge in [0.1, 0.15) is 5.75 Å². The molecule has 2 heteroatoms. The normalized spacial score (nSPS) is 13.7. The van der Waals surface area contributed by atoms with Crippen LogP contribution < -0.4 is 10.5 Å². The quantitative estimate of drug-likeness (QED) is 0.826. The molecule has 0 aliphatic rings. The second-order valence-corrected chi connectivity index (χ2v) is 4.81. The first-order valence-corrected chi connectivity index (χ1v) is 5.44. The standard InChI is InChI=1S/C13H21NO/c1-5-15-11-9-7-6-8-10(11)12(14)13(2,3)4/h6-9,12H,5,14H2,1-4H3/t12-/m0/s1. The molecule has 2 nitrogen and oxygen atoms in total. The molecule has 0 aromatic heterocycles. The lowest BCUT2D eigenvalue weighted by Crippen LogP contribution is -2.26. The van der Waals surface area contributed by atoms with Crippen molar-refractivity contribution in [2.45, 2.75) is 33.7 Å². The molecule has 0 bridgehead atoms. The maximum Gasteiger partial charge on any atom is 0.124 e. The third kappa shape index (κ3) is 2.96. The Hall–Kier alpha value is -1.02. The molecule has 0 fully saturated rings. The molecule has 0 aliphatic carbocycles. The Morgan fingerprint density at radius 2 is 1.87 bits per heavy atom. The number of hydrogen-bond acceptors (Lipinski definition) is 2. The number of benzene rings is 1. The molecule has 0 saturated heterocycles. The van der Waals surface area contributed by atoms with Crippen molar-refractivity contribution in [1.29, 1.82) is 0 Å². The number of ether oxygens (including phenoxy) is 1. The largest absolute Gasteiger partial charge is 0.494 e. The van der Waals surface area contributed by atoms with E-state index in [1.807, 2.05) is 31.2 Å².